The zero-order valence-corrected chi connectivity index (χ0v) is 12.6. The van der Waals surface area contributed by atoms with Crippen molar-refractivity contribution in [1.82, 2.24) is 4.90 Å². The van der Waals surface area contributed by atoms with Crippen LogP contribution in [0.1, 0.15) is 65.7 Å². The Morgan fingerprint density at radius 3 is 2.50 bits per heavy atom. The highest BCUT2D eigenvalue weighted by molar-refractivity contribution is 4.97. The molecule has 1 heterocycles. The van der Waals surface area contributed by atoms with E-state index in [9.17, 15) is 0 Å². The fourth-order valence-corrected chi connectivity index (χ4v) is 4.12. The van der Waals surface area contributed by atoms with E-state index in [1.807, 2.05) is 0 Å². The van der Waals surface area contributed by atoms with E-state index in [2.05, 4.69) is 25.7 Å². The van der Waals surface area contributed by atoms with Crippen LogP contribution < -0.4 is 5.73 Å². The minimum Gasteiger partial charge on any atom is -0.329 e. The zero-order chi connectivity index (χ0) is 13.2. The second-order valence-electron chi connectivity index (χ2n) is 7.15. The van der Waals surface area contributed by atoms with Gasteiger partial charge in [-0.3, -0.25) is 4.90 Å². The van der Waals surface area contributed by atoms with Gasteiger partial charge in [-0.05, 0) is 50.9 Å². The van der Waals surface area contributed by atoms with Crippen molar-refractivity contribution < 1.29 is 0 Å². The molecule has 4 unspecified atom stereocenters. The number of hydrogen-bond acceptors (Lipinski definition) is 2. The molecule has 0 amide bonds. The Bertz CT molecular complexity index is 266. The second-order valence-corrected chi connectivity index (χ2v) is 7.15. The van der Waals surface area contributed by atoms with E-state index in [1.54, 1.807) is 0 Å². The Balaban J connectivity index is 2.14. The summed E-state index contributed by atoms with van der Waals surface area (Å²) in [6.45, 7) is 9.36. The molecule has 0 aromatic carbocycles. The van der Waals surface area contributed by atoms with Crippen molar-refractivity contribution in [1.29, 1.82) is 0 Å². The molecule has 4 atom stereocenters. The first-order chi connectivity index (χ1) is 8.57. The van der Waals surface area contributed by atoms with E-state index in [4.69, 9.17) is 5.73 Å². The van der Waals surface area contributed by atoms with Gasteiger partial charge in [0, 0.05) is 24.7 Å². The molecule has 0 aromatic rings. The van der Waals surface area contributed by atoms with Crippen LogP contribution in [0.4, 0.5) is 0 Å². The quantitative estimate of drug-likeness (QED) is 0.763. The fraction of sp³-hybridized carbons (Fsp3) is 1.00. The molecule has 2 fully saturated rings. The molecule has 1 aliphatic carbocycles. The summed E-state index contributed by atoms with van der Waals surface area (Å²) < 4.78 is 0. The van der Waals surface area contributed by atoms with Crippen LogP contribution in [-0.4, -0.2) is 29.6 Å². The largest absolute Gasteiger partial charge is 0.329 e. The average Bonchev–Trinajstić information content (AvgIpc) is 2.55. The summed E-state index contributed by atoms with van der Waals surface area (Å²) in [5.41, 5.74) is 6.57. The maximum atomic E-state index is 6.25. The molecule has 1 aliphatic heterocycles. The second kappa shape index (κ2) is 5.92. The number of piperidine rings is 1. The predicted octanol–water partition coefficient (Wildman–Crippen LogP) is 3.40. The van der Waals surface area contributed by atoms with Crippen molar-refractivity contribution in [3.05, 3.63) is 0 Å². The van der Waals surface area contributed by atoms with Crippen molar-refractivity contribution in [2.45, 2.75) is 77.3 Å². The van der Waals surface area contributed by atoms with Crippen LogP contribution in [-0.2, 0) is 0 Å². The molecule has 1 saturated carbocycles. The lowest BCUT2D eigenvalue weighted by atomic mass is 9.82. The van der Waals surface area contributed by atoms with E-state index in [0.29, 0.717) is 5.54 Å². The zero-order valence-electron chi connectivity index (χ0n) is 12.6. The van der Waals surface area contributed by atoms with E-state index in [-0.39, 0.29) is 0 Å². The molecule has 2 aliphatic rings. The normalized spacial score (nSPS) is 43.7. The Labute approximate surface area is 113 Å². The van der Waals surface area contributed by atoms with Crippen LogP contribution in [0.25, 0.3) is 0 Å². The Morgan fingerprint density at radius 1 is 1.00 bits per heavy atom. The maximum absolute atomic E-state index is 6.25. The van der Waals surface area contributed by atoms with E-state index in [1.165, 1.54) is 51.5 Å². The Hall–Kier alpha value is -0.0800. The summed E-state index contributed by atoms with van der Waals surface area (Å²) in [4.78, 5) is 2.79. The highest BCUT2D eigenvalue weighted by atomic mass is 15.2. The van der Waals surface area contributed by atoms with Gasteiger partial charge in [0.05, 0.1) is 0 Å². The smallest absolute Gasteiger partial charge is 0.0334 e. The van der Waals surface area contributed by atoms with Crippen molar-refractivity contribution >= 4 is 0 Å². The van der Waals surface area contributed by atoms with Gasteiger partial charge in [-0.2, -0.15) is 0 Å². The first-order valence-electron chi connectivity index (χ1n) is 8.04. The highest BCUT2D eigenvalue weighted by Gasteiger charge is 2.41. The standard InChI is InChI=1S/C16H32N2/c1-13-5-4-9-16(12-17,10-8-13)18-11-14(2)6-7-15(18)3/h13-15H,4-12,17H2,1-3H3. The van der Waals surface area contributed by atoms with E-state index in [0.717, 1.165) is 24.4 Å². The van der Waals surface area contributed by atoms with Gasteiger partial charge in [0.2, 0.25) is 0 Å². The first-order valence-corrected chi connectivity index (χ1v) is 8.04. The van der Waals surface area contributed by atoms with Crippen LogP contribution in [0.2, 0.25) is 0 Å². The van der Waals surface area contributed by atoms with Gasteiger partial charge >= 0.3 is 0 Å². The number of nitrogens with zero attached hydrogens (tertiary/aromatic N) is 1. The maximum Gasteiger partial charge on any atom is 0.0334 e. The first kappa shape index (κ1) is 14.3. The third kappa shape index (κ3) is 2.91. The summed E-state index contributed by atoms with van der Waals surface area (Å²) >= 11 is 0. The van der Waals surface area contributed by atoms with Crippen LogP contribution >= 0.6 is 0 Å². The lowest BCUT2D eigenvalue weighted by molar-refractivity contribution is -0.0000264. The molecule has 0 aromatic heterocycles. The SMILES string of the molecule is CC1CCCC(CN)(N2CC(C)CCC2C)CC1. The summed E-state index contributed by atoms with van der Waals surface area (Å²) in [5.74, 6) is 1.75. The van der Waals surface area contributed by atoms with Gasteiger partial charge in [-0.15, -0.1) is 0 Å². The van der Waals surface area contributed by atoms with Gasteiger partial charge < -0.3 is 5.73 Å². The third-order valence-electron chi connectivity index (χ3n) is 5.55. The van der Waals surface area contributed by atoms with Crippen LogP contribution in [0, 0.1) is 11.8 Å². The van der Waals surface area contributed by atoms with Gasteiger partial charge in [0.1, 0.15) is 0 Å². The lowest BCUT2D eigenvalue weighted by Crippen LogP contribution is -2.59. The van der Waals surface area contributed by atoms with Crippen molar-refractivity contribution in [2.75, 3.05) is 13.1 Å². The molecule has 106 valence electrons. The lowest BCUT2D eigenvalue weighted by Gasteiger charge is -2.50. The number of rotatable bonds is 2. The summed E-state index contributed by atoms with van der Waals surface area (Å²) in [6.07, 6.45) is 9.55. The topological polar surface area (TPSA) is 29.3 Å². The van der Waals surface area contributed by atoms with Gasteiger partial charge in [0.25, 0.3) is 0 Å². The minimum atomic E-state index is 0.318. The molecule has 0 spiro atoms. The summed E-state index contributed by atoms with van der Waals surface area (Å²) in [7, 11) is 0. The molecular weight excluding hydrogens is 220 g/mol. The van der Waals surface area contributed by atoms with Crippen molar-refractivity contribution in [3.8, 4) is 0 Å². The number of likely N-dealkylation sites (tertiary alicyclic amines) is 1. The molecule has 18 heavy (non-hydrogen) atoms. The molecule has 2 N–H and O–H groups in total. The fourth-order valence-electron chi connectivity index (χ4n) is 4.12. The van der Waals surface area contributed by atoms with E-state index >= 15 is 0 Å². The molecule has 0 bridgehead atoms. The number of hydrogen-bond donors (Lipinski definition) is 1. The van der Waals surface area contributed by atoms with Crippen molar-refractivity contribution in [2.24, 2.45) is 17.6 Å². The summed E-state index contributed by atoms with van der Waals surface area (Å²) in [5, 5.41) is 0. The van der Waals surface area contributed by atoms with Crippen LogP contribution in [0.5, 0.6) is 0 Å². The molecule has 2 rings (SSSR count). The van der Waals surface area contributed by atoms with E-state index < -0.39 is 0 Å². The Morgan fingerprint density at radius 2 is 1.78 bits per heavy atom. The van der Waals surface area contributed by atoms with Gasteiger partial charge in [0.15, 0.2) is 0 Å². The van der Waals surface area contributed by atoms with Gasteiger partial charge in [-0.1, -0.05) is 26.7 Å². The predicted molar refractivity (Wildman–Crippen MR) is 78.6 cm³/mol. The van der Waals surface area contributed by atoms with Crippen LogP contribution in [0.15, 0.2) is 0 Å². The monoisotopic (exact) mass is 252 g/mol. The third-order valence-corrected chi connectivity index (χ3v) is 5.55. The molecule has 0 radical (unpaired) electrons. The summed E-state index contributed by atoms with van der Waals surface area (Å²) in [6, 6.07) is 0.734. The highest BCUT2D eigenvalue weighted by Crippen LogP contribution is 2.38. The van der Waals surface area contributed by atoms with Crippen LogP contribution in [0.3, 0.4) is 0 Å². The number of nitrogens with two attached hydrogens (primary N) is 1. The molecule has 2 nitrogen and oxygen atoms in total. The Kier molecular flexibility index (Phi) is 4.71. The molecule has 1 saturated heterocycles. The molecular formula is C16H32N2. The van der Waals surface area contributed by atoms with Crippen molar-refractivity contribution in [3.63, 3.8) is 0 Å². The average molecular weight is 252 g/mol. The minimum absolute atomic E-state index is 0.318. The van der Waals surface area contributed by atoms with Gasteiger partial charge in [-0.25, -0.2) is 0 Å². The molecule has 2 heteroatoms.